The van der Waals surface area contributed by atoms with Crippen molar-refractivity contribution in [3.8, 4) is 0 Å². The van der Waals surface area contributed by atoms with Crippen molar-refractivity contribution in [2.45, 2.75) is 13.1 Å². The zero-order valence-electron chi connectivity index (χ0n) is 6.54. The van der Waals surface area contributed by atoms with Crippen LogP contribution in [0.4, 0.5) is 17.6 Å². The maximum absolute atomic E-state index is 12.8. The number of halogens is 5. The number of benzene rings is 1. The quantitative estimate of drug-likeness (QED) is 0.618. The molecule has 0 aliphatic heterocycles. The molecule has 1 aromatic rings. The van der Waals surface area contributed by atoms with Crippen molar-refractivity contribution in [1.82, 2.24) is 0 Å². The molecule has 0 N–H and O–H groups in total. The molecule has 0 aliphatic rings. The number of hydrogen-bond donors (Lipinski definition) is 0. The molecule has 1 rings (SSSR count). The third-order valence-corrected chi connectivity index (χ3v) is 2.59. The van der Waals surface area contributed by atoms with E-state index in [1.54, 1.807) is 0 Å². The van der Waals surface area contributed by atoms with Gasteiger partial charge in [-0.25, -0.2) is 4.39 Å². The van der Waals surface area contributed by atoms with E-state index in [1.165, 1.54) is 13.0 Å². The average molecular weight is 257 g/mol. The number of aryl methyl sites for hydroxylation is 1. The summed E-state index contributed by atoms with van der Waals surface area (Å²) in [4.78, 5) is 0. The highest BCUT2D eigenvalue weighted by molar-refractivity contribution is 9.10. The van der Waals surface area contributed by atoms with Crippen molar-refractivity contribution in [3.63, 3.8) is 0 Å². The molecule has 72 valence electrons. The minimum atomic E-state index is -4.66. The van der Waals surface area contributed by atoms with Gasteiger partial charge in [-0.2, -0.15) is 13.2 Å². The summed E-state index contributed by atoms with van der Waals surface area (Å²) in [7, 11) is 0. The first-order valence-corrected chi connectivity index (χ1v) is 4.15. The van der Waals surface area contributed by atoms with Crippen LogP contribution in [0.5, 0.6) is 0 Å². The summed E-state index contributed by atoms with van der Waals surface area (Å²) in [6, 6.07) is 2.09. The number of hydrogen-bond acceptors (Lipinski definition) is 0. The van der Waals surface area contributed by atoms with Crippen LogP contribution in [-0.2, 0) is 6.18 Å². The van der Waals surface area contributed by atoms with Gasteiger partial charge in [0.05, 0.1) is 0 Å². The number of alkyl halides is 3. The summed E-state index contributed by atoms with van der Waals surface area (Å²) in [6.45, 7) is 1.47. The maximum atomic E-state index is 12.8. The molecule has 0 aromatic heterocycles. The van der Waals surface area contributed by atoms with Crippen LogP contribution < -0.4 is 0 Å². The lowest BCUT2D eigenvalue weighted by Gasteiger charge is -2.11. The summed E-state index contributed by atoms with van der Waals surface area (Å²) in [6.07, 6.45) is -4.66. The SMILES string of the molecule is Cc1ccc(F)c(C(F)(F)F)c1Br. The van der Waals surface area contributed by atoms with Gasteiger partial charge in [0, 0.05) is 4.47 Å². The zero-order valence-corrected chi connectivity index (χ0v) is 8.13. The first kappa shape index (κ1) is 10.5. The Morgan fingerprint density at radius 1 is 1.23 bits per heavy atom. The van der Waals surface area contributed by atoms with Crippen LogP contribution in [0.2, 0.25) is 0 Å². The fraction of sp³-hybridized carbons (Fsp3) is 0.250. The van der Waals surface area contributed by atoms with Gasteiger partial charge in [0.1, 0.15) is 11.4 Å². The molecule has 0 fully saturated rings. The summed E-state index contributed by atoms with van der Waals surface area (Å²) < 4.78 is 49.2. The average Bonchev–Trinajstić information content (AvgIpc) is 1.95. The fourth-order valence-corrected chi connectivity index (χ4v) is 1.46. The molecule has 13 heavy (non-hydrogen) atoms. The fourth-order valence-electron chi connectivity index (χ4n) is 0.917. The summed E-state index contributed by atoms with van der Waals surface area (Å²) in [5.74, 6) is -1.26. The second-order valence-electron chi connectivity index (χ2n) is 2.55. The molecular formula is C8H5BrF4. The zero-order chi connectivity index (χ0) is 10.2. The highest BCUT2D eigenvalue weighted by atomic mass is 79.9. The second-order valence-corrected chi connectivity index (χ2v) is 3.34. The first-order chi connectivity index (χ1) is 5.84. The molecule has 0 heterocycles. The van der Waals surface area contributed by atoms with Crippen LogP contribution in [0.3, 0.4) is 0 Å². The van der Waals surface area contributed by atoms with E-state index in [9.17, 15) is 17.6 Å². The molecule has 5 heteroatoms. The molecule has 0 spiro atoms. The van der Waals surface area contributed by atoms with Gasteiger partial charge in [0.15, 0.2) is 0 Å². The van der Waals surface area contributed by atoms with E-state index in [-0.39, 0.29) is 4.47 Å². The summed E-state index contributed by atoms with van der Waals surface area (Å²) >= 11 is 2.71. The van der Waals surface area contributed by atoms with Gasteiger partial charge in [0.25, 0.3) is 0 Å². The smallest absolute Gasteiger partial charge is 0.206 e. The van der Waals surface area contributed by atoms with Crippen LogP contribution in [0, 0.1) is 12.7 Å². The third-order valence-electron chi connectivity index (χ3n) is 1.57. The second kappa shape index (κ2) is 3.29. The number of rotatable bonds is 0. The third kappa shape index (κ3) is 2.02. The van der Waals surface area contributed by atoms with Gasteiger partial charge in [-0.05, 0) is 34.5 Å². The van der Waals surface area contributed by atoms with E-state index in [4.69, 9.17) is 0 Å². The van der Waals surface area contributed by atoms with Gasteiger partial charge in [-0.1, -0.05) is 6.07 Å². The Labute approximate surface area is 80.7 Å². The summed E-state index contributed by atoms with van der Waals surface area (Å²) in [5.41, 5.74) is -0.888. The largest absolute Gasteiger partial charge is 0.420 e. The lowest BCUT2D eigenvalue weighted by atomic mass is 10.1. The monoisotopic (exact) mass is 256 g/mol. The Kier molecular flexibility index (Phi) is 2.66. The van der Waals surface area contributed by atoms with Crippen LogP contribution in [-0.4, -0.2) is 0 Å². The Morgan fingerprint density at radius 2 is 1.77 bits per heavy atom. The molecule has 0 amide bonds. The molecule has 0 unspecified atom stereocenters. The van der Waals surface area contributed by atoms with Gasteiger partial charge in [0.2, 0.25) is 0 Å². The Balaban J connectivity index is 3.43. The van der Waals surface area contributed by atoms with Gasteiger partial charge in [-0.3, -0.25) is 0 Å². The van der Waals surface area contributed by atoms with E-state index in [0.717, 1.165) is 6.07 Å². The van der Waals surface area contributed by atoms with E-state index in [2.05, 4.69) is 15.9 Å². The van der Waals surface area contributed by atoms with Gasteiger partial charge < -0.3 is 0 Å². The molecule has 0 bridgehead atoms. The predicted octanol–water partition coefficient (Wildman–Crippen LogP) is 3.92. The van der Waals surface area contributed by atoms with E-state index < -0.39 is 17.6 Å². The molecular weight excluding hydrogens is 252 g/mol. The Bertz CT molecular complexity index is 330. The van der Waals surface area contributed by atoms with Crippen molar-refractivity contribution >= 4 is 15.9 Å². The van der Waals surface area contributed by atoms with Crippen LogP contribution in [0.15, 0.2) is 16.6 Å². The van der Waals surface area contributed by atoms with Crippen molar-refractivity contribution < 1.29 is 17.6 Å². The highest BCUT2D eigenvalue weighted by Crippen LogP contribution is 2.37. The minimum absolute atomic E-state index is 0.236. The Morgan fingerprint density at radius 3 is 2.15 bits per heavy atom. The van der Waals surface area contributed by atoms with Crippen molar-refractivity contribution in [1.29, 1.82) is 0 Å². The molecule has 0 aliphatic carbocycles. The van der Waals surface area contributed by atoms with Crippen LogP contribution >= 0.6 is 15.9 Å². The molecule has 1 aromatic carbocycles. The summed E-state index contributed by atoms with van der Waals surface area (Å²) in [5, 5.41) is 0. The Hall–Kier alpha value is -0.580. The van der Waals surface area contributed by atoms with Crippen LogP contribution in [0.25, 0.3) is 0 Å². The minimum Gasteiger partial charge on any atom is -0.206 e. The van der Waals surface area contributed by atoms with E-state index >= 15 is 0 Å². The molecule has 0 atom stereocenters. The normalized spacial score (nSPS) is 11.8. The lowest BCUT2D eigenvalue weighted by molar-refractivity contribution is -0.140. The van der Waals surface area contributed by atoms with Crippen molar-refractivity contribution in [2.24, 2.45) is 0 Å². The molecule has 0 nitrogen and oxygen atoms in total. The molecule has 0 radical (unpaired) electrons. The van der Waals surface area contributed by atoms with E-state index in [1.807, 2.05) is 0 Å². The van der Waals surface area contributed by atoms with Crippen molar-refractivity contribution in [3.05, 3.63) is 33.5 Å². The first-order valence-electron chi connectivity index (χ1n) is 3.36. The van der Waals surface area contributed by atoms with Gasteiger partial charge >= 0.3 is 6.18 Å². The lowest BCUT2D eigenvalue weighted by Crippen LogP contribution is -2.09. The predicted molar refractivity (Wildman–Crippen MR) is 43.8 cm³/mol. The van der Waals surface area contributed by atoms with Crippen molar-refractivity contribution in [2.75, 3.05) is 0 Å². The van der Waals surface area contributed by atoms with Crippen LogP contribution in [0.1, 0.15) is 11.1 Å². The standard InChI is InChI=1S/C8H5BrF4/c1-4-2-3-5(10)6(7(4)9)8(11,12)13/h2-3H,1H3. The van der Waals surface area contributed by atoms with E-state index in [0.29, 0.717) is 5.56 Å². The van der Waals surface area contributed by atoms with Gasteiger partial charge in [-0.15, -0.1) is 0 Å². The highest BCUT2D eigenvalue weighted by Gasteiger charge is 2.36. The molecule has 0 saturated carbocycles. The maximum Gasteiger partial charge on any atom is 0.420 e. The molecule has 0 saturated heterocycles. The topological polar surface area (TPSA) is 0 Å².